The van der Waals surface area contributed by atoms with Crippen molar-refractivity contribution >= 4 is 29.1 Å². The standard InChI is InChI=1S/C17H21ClN2O3/c18-13-6-1-2-7-14(13)20-16(22)11-15(17(20)23)19-9-4-3-5-12(19)8-10-21/h1-2,6-7,12,15,21H,3-5,8-11H2/t12-,15+/m1/s1. The van der Waals surface area contributed by atoms with Crippen molar-refractivity contribution in [2.45, 2.75) is 44.2 Å². The Kier molecular flexibility index (Phi) is 4.99. The number of carbonyl (C=O) groups is 2. The van der Waals surface area contributed by atoms with Crippen molar-refractivity contribution in [2.24, 2.45) is 0 Å². The number of hydrogen-bond donors (Lipinski definition) is 1. The molecular formula is C17H21ClN2O3. The lowest BCUT2D eigenvalue weighted by Crippen LogP contribution is -2.50. The number of aliphatic hydroxyl groups excluding tert-OH is 1. The SMILES string of the molecule is O=C1C[C@H](N2CCCC[C@@H]2CCO)C(=O)N1c1ccccc1Cl. The van der Waals surface area contributed by atoms with E-state index in [1.807, 2.05) is 0 Å². The van der Waals surface area contributed by atoms with Gasteiger partial charge in [-0.2, -0.15) is 0 Å². The fraction of sp³-hybridized carbons (Fsp3) is 0.529. The van der Waals surface area contributed by atoms with E-state index in [2.05, 4.69) is 4.90 Å². The van der Waals surface area contributed by atoms with Gasteiger partial charge in [-0.25, -0.2) is 4.90 Å². The Morgan fingerprint density at radius 3 is 2.74 bits per heavy atom. The summed E-state index contributed by atoms with van der Waals surface area (Å²) < 4.78 is 0. The Hall–Kier alpha value is -1.43. The number of anilines is 1. The van der Waals surface area contributed by atoms with Gasteiger partial charge >= 0.3 is 0 Å². The molecule has 0 bridgehead atoms. The third kappa shape index (κ3) is 3.13. The number of para-hydroxylation sites is 1. The molecule has 2 saturated heterocycles. The van der Waals surface area contributed by atoms with Gasteiger partial charge in [0.25, 0.3) is 5.91 Å². The monoisotopic (exact) mass is 336 g/mol. The van der Waals surface area contributed by atoms with E-state index >= 15 is 0 Å². The smallest absolute Gasteiger partial charge is 0.251 e. The van der Waals surface area contributed by atoms with Crippen LogP contribution in [0.25, 0.3) is 0 Å². The fourth-order valence-corrected chi connectivity index (χ4v) is 3.87. The van der Waals surface area contributed by atoms with Crippen molar-refractivity contribution in [1.82, 2.24) is 4.90 Å². The first kappa shape index (κ1) is 16.4. The third-order valence-corrected chi connectivity index (χ3v) is 5.07. The quantitative estimate of drug-likeness (QED) is 0.856. The Labute approximate surface area is 140 Å². The zero-order valence-electron chi connectivity index (χ0n) is 12.9. The van der Waals surface area contributed by atoms with E-state index in [1.165, 1.54) is 4.90 Å². The van der Waals surface area contributed by atoms with Crippen LogP contribution in [0.2, 0.25) is 5.02 Å². The minimum Gasteiger partial charge on any atom is -0.396 e. The Balaban J connectivity index is 1.84. The van der Waals surface area contributed by atoms with Crippen LogP contribution in [0.5, 0.6) is 0 Å². The molecule has 0 radical (unpaired) electrons. The summed E-state index contributed by atoms with van der Waals surface area (Å²) in [5, 5.41) is 9.66. The summed E-state index contributed by atoms with van der Waals surface area (Å²) in [6.07, 6.45) is 3.91. The van der Waals surface area contributed by atoms with Crippen molar-refractivity contribution in [3.8, 4) is 0 Å². The molecular weight excluding hydrogens is 316 g/mol. The fourth-order valence-electron chi connectivity index (χ4n) is 3.65. The predicted molar refractivity (Wildman–Crippen MR) is 88.4 cm³/mol. The molecule has 2 fully saturated rings. The number of amides is 2. The van der Waals surface area contributed by atoms with Crippen LogP contribution in [0.3, 0.4) is 0 Å². The zero-order valence-corrected chi connectivity index (χ0v) is 13.7. The molecule has 0 aliphatic carbocycles. The number of carbonyl (C=O) groups excluding carboxylic acids is 2. The van der Waals surface area contributed by atoms with E-state index in [-0.39, 0.29) is 30.9 Å². The van der Waals surface area contributed by atoms with Crippen molar-refractivity contribution in [3.05, 3.63) is 29.3 Å². The minimum absolute atomic E-state index is 0.101. The number of benzene rings is 1. The topological polar surface area (TPSA) is 60.9 Å². The highest BCUT2D eigenvalue weighted by Crippen LogP contribution is 2.33. The molecule has 2 aliphatic rings. The zero-order chi connectivity index (χ0) is 16.4. The normalized spacial score (nSPS) is 26.1. The van der Waals surface area contributed by atoms with E-state index < -0.39 is 6.04 Å². The summed E-state index contributed by atoms with van der Waals surface area (Å²) in [7, 11) is 0. The van der Waals surface area contributed by atoms with Gasteiger partial charge in [-0.15, -0.1) is 0 Å². The summed E-state index contributed by atoms with van der Waals surface area (Å²) in [6.45, 7) is 0.898. The molecule has 0 saturated carbocycles. The first-order valence-corrected chi connectivity index (χ1v) is 8.49. The second kappa shape index (κ2) is 6.99. The maximum absolute atomic E-state index is 12.9. The first-order valence-electron chi connectivity index (χ1n) is 8.11. The highest BCUT2D eigenvalue weighted by atomic mass is 35.5. The largest absolute Gasteiger partial charge is 0.396 e. The lowest BCUT2D eigenvalue weighted by molar-refractivity contribution is -0.123. The van der Waals surface area contributed by atoms with Gasteiger partial charge < -0.3 is 5.11 Å². The van der Waals surface area contributed by atoms with E-state index in [9.17, 15) is 14.7 Å². The lowest BCUT2D eigenvalue weighted by atomic mass is 9.97. The van der Waals surface area contributed by atoms with Gasteiger partial charge in [0.05, 0.1) is 23.2 Å². The summed E-state index contributed by atoms with van der Waals surface area (Å²) in [4.78, 5) is 28.6. The molecule has 2 aliphatic heterocycles. The maximum atomic E-state index is 12.9. The molecule has 23 heavy (non-hydrogen) atoms. The molecule has 0 unspecified atom stereocenters. The summed E-state index contributed by atoms with van der Waals surface area (Å²) in [5.41, 5.74) is 0.461. The Bertz CT molecular complexity index is 605. The van der Waals surface area contributed by atoms with Crippen LogP contribution in [0.1, 0.15) is 32.1 Å². The highest BCUT2D eigenvalue weighted by molar-refractivity contribution is 6.36. The van der Waals surface area contributed by atoms with Gasteiger partial charge in [-0.1, -0.05) is 30.2 Å². The van der Waals surface area contributed by atoms with Gasteiger partial charge in [0, 0.05) is 12.6 Å². The lowest BCUT2D eigenvalue weighted by Gasteiger charge is -2.38. The van der Waals surface area contributed by atoms with Gasteiger partial charge in [0.15, 0.2) is 0 Å². The number of hydrogen-bond acceptors (Lipinski definition) is 4. The summed E-state index contributed by atoms with van der Waals surface area (Å²) in [6, 6.07) is 6.65. The van der Waals surface area contributed by atoms with Crippen molar-refractivity contribution in [3.63, 3.8) is 0 Å². The average Bonchev–Trinajstić information content (AvgIpc) is 2.84. The maximum Gasteiger partial charge on any atom is 0.251 e. The van der Waals surface area contributed by atoms with E-state index in [0.717, 1.165) is 25.8 Å². The van der Waals surface area contributed by atoms with Gasteiger partial charge in [0.2, 0.25) is 5.91 Å². The molecule has 3 rings (SSSR count). The van der Waals surface area contributed by atoms with E-state index in [1.54, 1.807) is 24.3 Å². The number of halogens is 1. The molecule has 1 aromatic rings. The molecule has 1 aromatic carbocycles. The second-order valence-electron chi connectivity index (χ2n) is 6.14. The molecule has 0 spiro atoms. The van der Waals surface area contributed by atoms with Crippen LogP contribution in [0.15, 0.2) is 24.3 Å². The molecule has 1 N–H and O–H groups in total. The van der Waals surface area contributed by atoms with Crippen LogP contribution >= 0.6 is 11.6 Å². The van der Waals surface area contributed by atoms with Crippen LogP contribution in [-0.2, 0) is 9.59 Å². The average molecular weight is 337 g/mol. The summed E-state index contributed by atoms with van der Waals surface area (Å²) in [5.74, 6) is -0.408. The molecule has 2 heterocycles. The first-order chi connectivity index (χ1) is 11.1. The van der Waals surface area contributed by atoms with Crippen LogP contribution < -0.4 is 4.90 Å². The molecule has 5 nitrogen and oxygen atoms in total. The summed E-state index contributed by atoms with van der Waals surface area (Å²) >= 11 is 6.15. The van der Waals surface area contributed by atoms with Gasteiger partial charge in [-0.3, -0.25) is 14.5 Å². The van der Waals surface area contributed by atoms with E-state index in [4.69, 9.17) is 11.6 Å². The molecule has 0 aromatic heterocycles. The number of imide groups is 1. The third-order valence-electron chi connectivity index (χ3n) is 4.75. The second-order valence-corrected chi connectivity index (χ2v) is 6.55. The van der Waals surface area contributed by atoms with Crippen molar-refractivity contribution in [2.75, 3.05) is 18.1 Å². The van der Waals surface area contributed by atoms with Gasteiger partial charge in [-0.05, 0) is 37.9 Å². The minimum atomic E-state index is -0.435. The molecule has 2 atom stereocenters. The number of nitrogens with zero attached hydrogens (tertiary/aromatic N) is 2. The predicted octanol–water partition coefficient (Wildman–Crippen LogP) is 2.21. The Morgan fingerprint density at radius 2 is 2.00 bits per heavy atom. The van der Waals surface area contributed by atoms with Crippen molar-refractivity contribution in [1.29, 1.82) is 0 Å². The number of aliphatic hydroxyl groups is 1. The van der Waals surface area contributed by atoms with Crippen LogP contribution in [-0.4, -0.2) is 47.1 Å². The van der Waals surface area contributed by atoms with Crippen LogP contribution in [0, 0.1) is 0 Å². The number of likely N-dealkylation sites (tertiary alicyclic amines) is 1. The highest BCUT2D eigenvalue weighted by Gasteiger charge is 2.45. The van der Waals surface area contributed by atoms with Gasteiger partial charge in [0.1, 0.15) is 0 Å². The van der Waals surface area contributed by atoms with Crippen molar-refractivity contribution < 1.29 is 14.7 Å². The van der Waals surface area contributed by atoms with Crippen LogP contribution in [0.4, 0.5) is 5.69 Å². The molecule has 6 heteroatoms. The molecule has 124 valence electrons. The number of piperidine rings is 1. The Morgan fingerprint density at radius 1 is 1.22 bits per heavy atom. The molecule has 2 amide bonds. The van der Waals surface area contributed by atoms with E-state index in [0.29, 0.717) is 17.1 Å². The number of rotatable bonds is 4.